The van der Waals surface area contributed by atoms with Crippen molar-refractivity contribution in [2.75, 3.05) is 27.7 Å². The number of furan rings is 1. The van der Waals surface area contributed by atoms with Crippen LogP contribution in [0.1, 0.15) is 30.0 Å². The summed E-state index contributed by atoms with van der Waals surface area (Å²) < 4.78 is 10.6. The van der Waals surface area contributed by atoms with Crippen molar-refractivity contribution in [3.8, 4) is 5.75 Å². The van der Waals surface area contributed by atoms with E-state index < -0.39 is 0 Å². The van der Waals surface area contributed by atoms with Crippen LogP contribution < -0.4 is 4.74 Å². The lowest BCUT2D eigenvalue weighted by molar-refractivity contribution is -0.132. The topological polar surface area (TPSA) is 45.9 Å². The third-order valence-electron chi connectivity index (χ3n) is 6.66. The van der Waals surface area contributed by atoms with E-state index in [1.54, 1.807) is 25.7 Å². The summed E-state index contributed by atoms with van der Waals surface area (Å²) in [5.74, 6) is 0.897. The van der Waals surface area contributed by atoms with Crippen LogP contribution in [0, 0.1) is 0 Å². The number of carbonyl (C=O) groups is 1. The first-order chi connectivity index (χ1) is 13.4. The van der Waals surface area contributed by atoms with Crippen LogP contribution in [0.15, 0.2) is 47.3 Å². The van der Waals surface area contributed by atoms with Crippen molar-refractivity contribution in [1.29, 1.82) is 0 Å². The number of hydrogen-bond donors (Lipinski definition) is 0. The maximum Gasteiger partial charge on any atom is 0.246 e. The number of amides is 1. The van der Waals surface area contributed by atoms with Gasteiger partial charge in [-0.15, -0.1) is 0 Å². The van der Waals surface area contributed by atoms with Gasteiger partial charge in [0.1, 0.15) is 5.75 Å². The quantitative estimate of drug-likeness (QED) is 0.763. The molecular formula is C23H28N2O3. The zero-order valence-electron chi connectivity index (χ0n) is 17.0. The standard InChI is InChI=1S/C23H28N2O3/c1-23-10-11-24(2)20(13-17-6-7-18(27-4)14-19(17)23)22(23)25(3)21(26)8-5-16-9-12-28-15-16/h5-9,12,14-15,20,22H,10-11,13H2,1-4H3/t20?,22-,23+/m0/s1. The molecule has 28 heavy (non-hydrogen) atoms. The van der Waals surface area contributed by atoms with Gasteiger partial charge in [0.15, 0.2) is 0 Å². The van der Waals surface area contributed by atoms with Crippen molar-refractivity contribution >= 4 is 12.0 Å². The Morgan fingerprint density at radius 2 is 2.21 bits per heavy atom. The Bertz CT molecular complexity index is 889. The number of methoxy groups -OCH3 is 1. The summed E-state index contributed by atoms with van der Waals surface area (Å²) in [6, 6.07) is 8.65. The minimum Gasteiger partial charge on any atom is -0.497 e. The molecule has 2 aromatic rings. The van der Waals surface area contributed by atoms with Gasteiger partial charge in [0.25, 0.3) is 0 Å². The molecule has 0 N–H and O–H groups in total. The van der Waals surface area contributed by atoms with Gasteiger partial charge < -0.3 is 19.0 Å². The van der Waals surface area contributed by atoms with E-state index in [-0.39, 0.29) is 17.4 Å². The van der Waals surface area contributed by atoms with Crippen LogP contribution in [-0.2, 0) is 16.6 Å². The second-order valence-corrected chi connectivity index (χ2v) is 8.23. The Morgan fingerprint density at radius 3 is 2.93 bits per heavy atom. The molecule has 148 valence electrons. The molecule has 0 spiro atoms. The third kappa shape index (κ3) is 3.04. The Kier molecular flexibility index (Phi) is 4.79. The molecule has 3 atom stereocenters. The predicted octanol–water partition coefficient (Wildman–Crippen LogP) is 3.35. The van der Waals surface area contributed by atoms with E-state index in [0.29, 0.717) is 6.04 Å². The van der Waals surface area contributed by atoms with Crippen LogP contribution in [0.3, 0.4) is 0 Å². The summed E-state index contributed by atoms with van der Waals surface area (Å²) in [6.07, 6.45) is 8.65. The van der Waals surface area contributed by atoms with Gasteiger partial charge >= 0.3 is 0 Å². The van der Waals surface area contributed by atoms with Crippen molar-refractivity contribution in [2.24, 2.45) is 0 Å². The predicted molar refractivity (Wildman–Crippen MR) is 109 cm³/mol. The van der Waals surface area contributed by atoms with Crippen LogP contribution in [-0.4, -0.2) is 55.5 Å². The molecule has 1 aromatic carbocycles. The van der Waals surface area contributed by atoms with Crippen molar-refractivity contribution in [1.82, 2.24) is 9.80 Å². The molecule has 2 aliphatic rings. The van der Waals surface area contributed by atoms with Crippen LogP contribution >= 0.6 is 0 Å². The van der Waals surface area contributed by atoms with Gasteiger partial charge in [-0.3, -0.25) is 4.79 Å². The molecular weight excluding hydrogens is 352 g/mol. The summed E-state index contributed by atoms with van der Waals surface area (Å²) in [4.78, 5) is 17.4. The minimum absolute atomic E-state index is 0.0177. The van der Waals surface area contributed by atoms with Crippen molar-refractivity contribution in [3.63, 3.8) is 0 Å². The zero-order chi connectivity index (χ0) is 19.9. The third-order valence-corrected chi connectivity index (χ3v) is 6.66. The fourth-order valence-corrected chi connectivity index (χ4v) is 5.04. The summed E-state index contributed by atoms with van der Waals surface area (Å²) in [7, 11) is 5.81. The number of likely N-dealkylation sites (N-methyl/N-ethyl adjacent to an activating group) is 2. The first kappa shape index (κ1) is 18.8. The highest BCUT2D eigenvalue weighted by atomic mass is 16.5. The van der Waals surface area contributed by atoms with Gasteiger partial charge in [-0.1, -0.05) is 13.0 Å². The van der Waals surface area contributed by atoms with Gasteiger partial charge in [0.2, 0.25) is 5.91 Å². The number of rotatable bonds is 4. The Morgan fingerprint density at radius 1 is 1.39 bits per heavy atom. The Hall–Kier alpha value is -2.53. The first-order valence-electron chi connectivity index (χ1n) is 9.79. The second kappa shape index (κ2) is 7.13. The number of benzene rings is 1. The van der Waals surface area contributed by atoms with E-state index in [1.165, 1.54) is 11.1 Å². The monoisotopic (exact) mass is 380 g/mol. The number of ether oxygens (including phenoxy) is 1. The zero-order valence-corrected chi connectivity index (χ0v) is 17.0. The SMILES string of the molecule is COc1ccc2c(c1)[C@@]1(C)CCN(C)C(C2)[C@@H]1N(C)C(=O)C=Cc1ccoc1. The largest absolute Gasteiger partial charge is 0.497 e. The number of nitrogens with zero attached hydrogens (tertiary/aromatic N) is 2. The van der Waals surface area contributed by atoms with Gasteiger partial charge in [-0.2, -0.15) is 0 Å². The number of carbonyl (C=O) groups excluding carboxylic acids is 1. The van der Waals surface area contributed by atoms with E-state index in [9.17, 15) is 4.79 Å². The van der Waals surface area contributed by atoms with Crippen molar-refractivity contribution in [3.05, 3.63) is 59.6 Å². The highest BCUT2D eigenvalue weighted by Crippen LogP contribution is 2.47. The molecule has 1 amide bonds. The molecule has 0 saturated carbocycles. The maximum absolute atomic E-state index is 13.0. The molecule has 1 unspecified atom stereocenters. The van der Waals surface area contributed by atoms with Crippen molar-refractivity contribution in [2.45, 2.75) is 37.3 Å². The average Bonchev–Trinajstić information content (AvgIpc) is 3.22. The molecule has 4 rings (SSSR count). The fourth-order valence-electron chi connectivity index (χ4n) is 5.04. The summed E-state index contributed by atoms with van der Waals surface area (Å²) in [5.41, 5.74) is 3.47. The lowest BCUT2D eigenvalue weighted by Gasteiger charge is -2.57. The Labute approximate surface area is 166 Å². The second-order valence-electron chi connectivity index (χ2n) is 8.23. The van der Waals surface area contributed by atoms with Gasteiger partial charge in [-0.25, -0.2) is 0 Å². The molecule has 1 aliphatic carbocycles. The average molecular weight is 380 g/mol. The van der Waals surface area contributed by atoms with Crippen LogP contribution in [0.5, 0.6) is 5.75 Å². The molecule has 1 saturated heterocycles. The Balaban J connectivity index is 1.69. The lowest BCUT2D eigenvalue weighted by Crippen LogP contribution is -2.67. The summed E-state index contributed by atoms with van der Waals surface area (Å²) in [5, 5.41) is 0. The van der Waals surface area contributed by atoms with Crippen LogP contribution in [0.25, 0.3) is 6.08 Å². The van der Waals surface area contributed by atoms with E-state index in [2.05, 4.69) is 31.0 Å². The first-order valence-corrected chi connectivity index (χ1v) is 9.79. The van der Waals surface area contributed by atoms with Gasteiger partial charge in [0.05, 0.1) is 25.7 Å². The minimum atomic E-state index is -0.104. The maximum atomic E-state index is 13.0. The van der Waals surface area contributed by atoms with Crippen molar-refractivity contribution < 1.29 is 13.9 Å². The molecule has 5 heteroatoms. The number of piperidine rings is 1. The lowest BCUT2D eigenvalue weighted by atomic mass is 9.61. The smallest absolute Gasteiger partial charge is 0.246 e. The fraction of sp³-hybridized carbons (Fsp3) is 0.435. The molecule has 2 heterocycles. The summed E-state index contributed by atoms with van der Waals surface area (Å²) >= 11 is 0. The highest BCUT2D eigenvalue weighted by Gasteiger charge is 2.52. The number of hydrogen-bond acceptors (Lipinski definition) is 4. The number of likely N-dealkylation sites (tertiary alicyclic amines) is 1. The molecule has 1 aliphatic heterocycles. The van der Waals surface area contributed by atoms with Crippen LogP contribution in [0.2, 0.25) is 0 Å². The normalized spacial score (nSPS) is 26.9. The molecule has 1 fully saturated rings. The van der Waals surface area contributed by atoms with E-state index in [4.69, 9.17) is 9.15 Å². The van der Waals surface area contributed by atoms with E-state index in [0.717, 1.165) is 30.7 Å². The molecule has 5 nitrogen and oxygen atoms in total. The number of fused-ring (bicyclic) bond motifs is 4. The van der Waals surface area contributed by atoms with Gasteiger partial charge in [-0.05, 0) is 61.8 Å². The van der Waals surface area contributed by atoms with E-state index >= 15 is 0 Å². The molecule has 2 bridgehead atoms. The van der Waals surface area contributed by atoms with Crippen LogP contribution in [0.4, 0.5) is 0 Å². The molecule has 1 aromatic heterocycles. The molecule has 0 radical (unpaired) electrons. The highest BCUT2D eigenvalue weighted by molar-refractivity contribution is 5.92. The van der Waals surface area contributed by atoms with Gasteiger partial charge in [0, 0.05) is 30.1 Å². The summed E-state index contributed by atoms with van der Waals surface area (Å²) in [6.45, 7) is 3.33. The van der Waals surface area contributed by atoms with E-state index in [1.807, 2.05) is 30.2 Å².